The van der Waals surface area contributed by atoms with Gasteiger partial charge in [0.1, 0.15) is 18.2 Å². The fraction of sp³-hybridized carbons (Fsp3) is 0.0870. The number of hydrogen-bond donors (Lipinski definition) is 1. The minimum atomic E-state index is -0.320. The predicted octanol–water partition coefficient (Wildman–Crippen LogP) is 5.78. The molecule has 3 aromatic carbocycles. The van der Waals surface area contributed by atoms with E-state index in [2.05, 4.69) is 15.9 Å². The van der Waals surface area contributed by atoms with Crippen LogP contribution < -0.4 is 9.47 Å². The predicted molar refractivity (Wildman–Crippen MR) is 113 cm³/mol. The Morgan fingerprint density at radius 3 is 2.55 bits per heavy atom. The summed E-state index contributed by atoms with van der Waals surface area (Å²) in [6.45, 7) is 0.270. The van der Waals surface area contributed by atoms with Crippen LogP contribution in [0.2, 0.25) is 0 Å². The number of halogens is 2. The van der Waals surface area contributed by atoms with Gasteiger partial charge in [-0.2, -0.15) is 0 Å². The van der Waals surface area contributed by atoms with Crippen LogP contribution in [0.4, 0.5) is 4.39 Å². The highest BCUT2D eigenvalue weighted by molar-refractivity contribution is 9.10. The molecule has 0 unspecified atom stereocenters. The van der Waals surface area contributed by atoms with Crippen LogP contribution in [0.1, 0.15) is 21.5 Å². The Morgan fingerprint density at radius 1 is 1.07 bits per heavy atom. The minimum absolute atomic E-state index is 0.0787. The fourth-order valence-electron chi connectivity index (χ4n) is 2.62. The second-order valence-corrected chi connectivity index (χ2v) is 7.10. The van der Waals surface area contributed by atoms with Crippen molar-refractivity contribution in [2.24, 2.45) is 0 Å². The van der Waals surface area contributed by atoms with Gasteiger partial charge in [-0.1, -0.05) is 40.2 Å². The summed E-state index contributed by atoms with van der Waals surface area (Å²) in [7, 11) is 1.53. The zero-order chi connectivity index (χ0) is 20.8. The van der Waals surface area contributed by atoms with Crippen LogP contribution in [0.25, 0.3) is 6.08 Å². The van der Waals surface area contributed by atoms with Crippen LogP contribution in [-0.4, -0.2) is 18.0 Å². The number of phenolic OH excluding ortho intramolecular Hbond substituents is 1. The molecule has 0 aliphatic heterocycles. The van der Waals surface area contributed by atoms with E-state index in [-0.39, 0.29) is 29.5 Å². The van der Waals surface area contributed by atoms with Crippen molar-refractivity contribution in [3.05, 3.63) is 93.7 Å². The largest absolute Gasteiger partial charge is 0.507 e. The molecule has 6 heteroatoms. The van der Waals surface area contributed by atoms with E-state index in [9.17, 15) is 14.3 Å². The molecule has 0 atom stereocenters. The van der Waals surface area contributed by atoms with Crippen molar-refractivity contribution in [3.8, 4) is 17.2 Å². The van der Waals surface area contributed by atoms with Crippen LogP contribution in [0.15, 0.2) is 71.2 Å². The van der Waals surface area contributed by atoms with Gasteiger partial charge in [-0.05, 0) is 59.7 Å². The molecule has 0 spiro atoms. The van der Waals surface area contributed by atoms with Gasteiger partial charge in [0, 0.05) is 4.47 Å². The molecule has 0 heterocycles. The number of allylic oxidation sites excluding steroid dienone is 1. The maximum absolute atomic E-state index is 13.0. The van der Waals surface area contributed by atoms with Gasteiger partial charge in [-0.3, -0.25) is 4.79 Å². The Hall–Kier alpha value is -3.12. The van der Waals surface area contributed by atoms with E-state index in [4.69, 9.17) is 9.47 Å². The summed E-state index contributed by atoms with van der Waals surface area (Å²) < 4.78 is 24.8. The van der Waals surface area contributed by atoms with Crippen molar-refractivity contribution < 1.29 is 23.8 Å². The molecule has 148 valence electrons. The molecule has 0 saturated carbocycles. The highest BCUT2D eigenvalue weighted by Gasteiger charge is 2.10. The van der Waals surface area contributed by atoms with Crippen LogP contribution in [0.3, 0.4) is 0 Å². The number of rotatable bonds is 7. The topological polar surface area (TPSA) is 55.8 Å². The van der Waals surface area contributed by atoms with Crippen molar-refractivity contribution >= 4 is 27.8 Å². The number of carbonyl (C=O) groups excluding carboxylic acids is 1. The van der Waals surface area contributed by atoms with Gasteiger partial charge in [0.25, 0.3) is 0 Å². The van der Waals surface area contributed by atoms with Crippen molar-refractivity contribution in [1.29, 1.82) is 0 Å². The number of ketones is 1. The van der Waals surface area contributed by atoms with Gasteiger partial charge in [0.15, 0.2) is 17.3 Å². The third kappa shape index (κ3) is 5.45. The lowest BCUT2D eigenvalue weighted by atomic mass is 10.1. The van der Waals surface area contributed by atoms with E-state index < -0.39 is 0 Å². The number of methoxy groups -OCH3 is 1. The summed E-state index contributed by atoms with van der Waals surface area (Å²) in [4.78, 5) is 12.3. The smallest absolute Gasteiger partial charge is 0.189 e. The van der Waals surface area contributed by atoms with E-state index in [1.807, 2.05) is 0 Å². The van der Waals surface area contributed by atoms with Crippen LogP contribution >= 0.6 is 15.9 Å². The first kappa shape index (κ1) is 20.6. The number of carbonyl (C=O) groups is 1. The van der Waals surface area contributed by atoms with Crippen molar-refractivity contribution in [2.75, 3.05) is 7.11 Å². The maximum Gasteiger partial charge on any atom is 0.189 e. The van der Waals surface area contributed by atoms with E-state index in [1.54, 1.807) is 48.5 Å². The minimum Gasteiger partial charge on any atom is -0.507 e. The summed E-state index contributed by atoms with van der Waals surface area (Å²) in [5.74, 6) is 0.342. The molecule has 0 saturated heterocycles. The zero-order valence-electron chi connectivity index (χ0n) is 15.6. The zero-order valence-corrected chi connectivity index (χ0v) is 17.1. The molecular weight excluding hydrogens is 439 g/mol. The number of aromatic hydroxyl groups is 1. The average molecular weight is 457 g/mol. The Labute approximate surface area is 176 Å². The molecule has 0 fully saturated rings. The average Bonchev–Trinajstić information content (AvgIpc) is 2.73. The summed E-state index contributed by atoms with van der Waals surface area (Å²) >= 11 is 3.29. The summed E-state index contributed by atoms with van der Waals surface area (Å²) in [5, 5.41) is 9.86. The molecular formula is C23H18BrFO4. The first-order chi connectivity index (χ1) is 14.0. The Balaban J connectivity index is 1.72. The molecule has 0 bridgehead atoms. The maximum atomic E-state index is 13.0. The molecule has 0 aromatic heterocycles. The highest BCUT2D eigenvalue weighted by Crippen LogP contribution is 2.30. The monoisotopic (exact) mass is 456 g/mol. The summed E-state index contributed by atoms with van der Waals surface area (Å²) in [5.41, 5.74) is 1.78. The van der Waals surface area contributed by atoms with Gasteiger partial charge < -0.3 is 14.6 Å². The Bertz CT molecular complexity index is 1050. The van der Waals surface area contributed by atoms with E-state index >= 15 is 0 Å². The quantitative estimate of drug-likeness (QED) is 0.361. The first-order valence-corrected chi connectivity index (χ1v) is 9.52. The molecule has 29 heavy (non-hydrogen) atoms. The fourth-order valence-corrected chi connectivity index (χ4v) is 2.98. The van der Waals surface area contributed by atoms with Crippen LogP contribution in [-0.2, 0) is 6.61 Å². The molecule has 0 amide bonds. The van der Waals surface area contributed by atoms with Gasteiger partial charge >= 0.3 is 0 Å². The first-order valence-electron chi connectivity index (χ1n) is 8.72. The van der Waals surface area contributed by atoms with Gasteiger partial charge in [-0.15, -0.1) is 0 Å². The SMILES string of the molecule is COc1cc(C=CC(=O)c2cc(Br)ccc2O)ccc1OCc1ccc(F)cc1. The van der Waals surface area contributed by atoms with Crippen molar-refractivity contribution in [2.45, 2.75) is 6.61 Å². The summed E-state index contributed by atoms with van der Waals surface area (Å²) in [6.07, 6.45) is 3.02. The lowest BCUT2D eigenvalue weighted by Gasteiger charge is -2.11. The summed E-state index contributed by atoms with van der Waals surface area (Å²) in [6, 6.07) is 16.0. The molecule has 1 N–H and O–H groups in total. The standard InChI is InChI=1S/C23H18BrFO4/c1-28-23-12-15(4-9-20(26)19-13-17(24)6-10-21(19)27)5-11-22(23)29-14-16-2-7-18(25)8-3-16/h2-13,27H,14H2,1H3. The second kappa shape index (κ2) is 9.39. The molecule has 0 aliphatic rings. The van der Waals surface area contributed by atoms with Gasteiger partial charge in [-0.25, -0.2) is 4.39 Å². The van der Waals surface area contributed by atoms with Crippen LogP contribution in [0.5, 0.6) is 17.2 Å². The third-order valence-corrected chi connectivity index (χ3v) is 4.64. The van der Waals surface area contributed by atoms with E-state index in [1.165, 1.54) is 31.4 Å². The number of hydrogen-bond acceptors (Lipinski definition) is 4. The molecule has 4 nitrogen and oxygen atoms in total. The van der Waals surface area contributed by atoms with Gasteiger partial charge in [0.2, 0.25) is 0 Å². The lowest BCUT2D eigenvalue weighted by molar-refractivity contribution is 0.104. The number of ether oxygens (including phenoxy) is 2. The lowest BCUT2D eigenvalue weighted by Crippen LogP contribution is -1.98. The second-order valence-electron chi connectivity index (χ2n) is 6.18. The Morgan fingerprint density at radius 2 is 1.83 bits per heavy atom. The van der Waals surface area contributed by atoms with E-state index in [0.717, 1.165) is 11.1 Å². The van der Waals surface area contributed by atoms with Gasteiger partial charge in [0.05, 0.1) is 12.7 Å². The van der Waals surface area contributed by atoms with Crippen molar-refractivity contribution in [1.82, 2.24) is 0 Å². The Kier molecular flexibility index (Phi) is 6.67. The molecule has 0 aliphatic carbocycles. The number of phenols is 1. The number of benzene rings is 3. The van der Waals surface area contributed by atoms with Crippen molar-refractivity contribution in [3.63, 3.8) is 0 Å². The third-order valence-electron chi connectivity index (χ3n) is 4.15. The highest BCUT2D eigenvalue weighted by atomic mass is 79.9. The normalized spacial score (nSPS) is 10.9. The van der Waals surface area contributed by atoms with Crippen LogP contribution in [0, 0.1) is 5.82 Å². The molecule has 0 radical (unpaired) electrons. The van der Waals surface area contributed by atoms with E-state index in [0.29, 0.717) is 16.0 Å². The molecule has 3 aromatic rings. The molecule has 3 rings (SSSR count).